The minimum Gasteiger partial charge on any atom is -0.408 e. The molecule has 1 amide bonds. The summed E-state index contributed by atoms with van der Waals surface area (Å²) >= 11 is 0. The van der Waals surface area contributed by atoms with Crippen molar-refractivity contribution in [1.82, 2.24) is 15.2 Å². The molecule has 2 heterocycles. The molecular formula is C29H41N3O4Si. The average Bonchev–Trinajstić information content (AvgIpc) is 3.22. The Morgan fingerprint density at radius 1 is 1.16 bits per heavy atom. The Bertz CT molecular complexity index is 1240. The summed E-state index contributed by atoms with van der Waals surface area (Å²) in [4.78, 5) is 29.5. The molecule has 0 spiro atoms. The zero-order valence-corrected chi connectivity index (χ0v) is 23.8. The third-order valence-electron chi connectivity index (χ3n) is 7.99. The average molecular weight is 524 g/mol. The number of oxazole rings is 1. The molecule has 37 heavy (non-hydrogen) atoms. The molecule has 1 aliphatic rings. The first-order chi connectivity index (χ1) is 17.5. The minimum atomic E-state index is -2.13. The molecule has 1 unspecified atom stereocenters. The quantitative estimate of drug-likeness (QED) is 0.374. The van der Waals surface area contributed by atoms with E-state index in [0.29, 0.717) is 30.1 Å². The maximum absolute atomic E-state index is 12.9. The number of aromatic amines is 1. The maximum atomic E-state index is 12.9. The first kappa shape index (κ1) is 27.4. The van der Waals surface area contributed by atoms with Gasteiger partial charge in [-0.25, -0.2) is 4.79 Å². The van der Waals surface area contributed by atoms with Crippen molar-refractivity contribution >= 4 is 25.3 Å². The number of aromatic nitrogens is 1. The maximum Gasteiger partial charge on any atom is 0.417 e. The lowest BCUT2D eigenvalue weighted by molar-refractivity contribution is -0.123. The highest BCUT2D eigenvalue weighted by molar-refractivity contribution is 6.74. The number of amides is 1. The third-order valence-corrected chi connectivity index (χ3v) is 12.5. The van der Waals surface area contributed by atoms with Crippen molar-refractivity contribution in [2.75, 3.05) is 26.2 Å². The second-order valence-electron chi connectivity index (χ2n) is 11.9. The molecule has 0 bridgehead atoms. The van der Waals surface area contributed by atoms with Crippen LogP contribution in [-0.2, 0) is 15.6 Å². The SMILES string of the molecule is CC(C)(C)[Si](C)(C)OC(CNC(=O)CN1CCC(Cc2ccccc2)CC1)c1ccc2[nH]c(=O)oc2c1. The van der Waals surface area contributed by atoms with Crippen molar-refractivity contribution in [3.05, 3.63) is 70.2 Å². The number of nitrogens with one attached hydrogen (secondary N) is 2. The van der Waals surface area contributed by atoms with Crippen LogP contribution < -0.4 is 11.1 Å². The second-order valence-corrected chi connectivity index (χ2v) is 16.6. The number of likely N-dealkylation sites (tertiary alicyclic amines) is 1. The van der Waals surface area contributed by atoms with Gasteiger partial charge in [-0.1, -0.05) is 57.2 Å². The Morgan fingerprint density at radius 3 is 2.54 bits per heavy atom. The Hall–Kier alpha value is -2.68. The molecule has 200 valence electrons. The molecule has 1 fully saturated rings. The molecule has 1 saturated heterocycles. The van der Waals surface area contributed by atoms with Crippen LogP contribution in [0, 0.1) is 5.92 Å². The lowest BCUT2D eigenvalue weighted by Crippen LogP contribution is -2.46. The first-order valence-corrected chi connectivity index (χ1v) is 16.2. The summed E-state index contributed by atoms with van der Waals surface area (Å²) in [5, 5.41) is 3.14. The highest BCUT2D eigenvalue weighted by atomic mass is 28.4. The lowest BCUT2D eigenvalue weighted by atomic mass is 9.90. The van der Waals surface area contributed by atoms with Gasteiger partial charge >= 0.3 is 5.76 Å². The highest BCUT2D eigenvalue weighted by Gasteiger charge is 2.39. The fourth-order valence-corrected chi connectivity index (χ4v) is 5.97. The monoisotopic (exact) mass is 523 g/mol. The number of piperidine rings is 1. The largest absolute Gasteiger partial charge is 0.417 e. The van der Waals surface area contributed by atoms with Crippen molar-refractivity contribution < 1.29 is 13.6 Å². The zero-order valence-electron chi connectivity index (χ0n) is 22.8. The number of hydrogen-bond acceptors (Lipinski definition) is 5. The van der Waals surface area contributed by atoms with Gasteiger partial charge in [-0.2, -0.15) is 0 Å². The summed E-state index contributed by atoms with van der Waals surface area (Å²) in [6, 6.07) is 16.3. The van der Waals surface area contributed by atoms with Crippen LogP contribution in [0.1, 0.15) is 50.8 Å². The molecule has 0 radical (unpaired) electrons. The molecule has 2 N–H and O–H groups in total. The Kier molecular flexibility index (Phi) is 8.41. The summed E-state index contributed by atoms with van der Waals surface area (Å²) in [7, 11) is -2.13. The van der Waals surface area contributed by atoms with Crippen LogP contribution in [0.25, 0.3) is 11.1 Å². The van der Waals surface area contributed by atoms with Crippen LogP contribution in [0.4, 0.5) is 0 Å². The van der Waals surface area contributed by atoms with Crippen molar-refractivity contribution in [3.63, 3.8) is 0 Å². The van der Waals surface area contributed by atoms with E-state index in [1.54, 1.807) is 0 Å². The summed E-state index contributed by atoms with van der Waals surface area (Å²) in [5.41, 5.74) is 3.43. The van der Waals surface area contributed by atoms with Gasteiger partial charge in [-0.05, 0) is 79.7 Å². The van der Waals surface area contributed by atoms with Gasteiger partial charge in [0.2, 0.25) is 5.91 Å². The van der Waals surface area contributed by atoms with Crippen molar-refractivity contribution in [1.29, 1.82) is 0 Å². The zero-order chi connectivity index (χ0) is 26.6. The Balaban J connectivity index is 1.35. The third kappa shape index (κ3) is 7.21. The predicted molar refractivity (Wildman–Crippen MR) is 150 cm³/mol. The molecule has 1 aliphatic heterocycles. The van der Waals surface area contributed by atoms with Crippen molar-refractivity contribution in [2.24, 2.45) is 5.92 Å². The van der Waals surface area contributed by atoms with Gasteiger partial charge in [0, 0.05) is 6.54 Å². The normalized spacial score (nSPS) is 16.7. The molecular weight excluding hydrogens is 482 g/mol. The molecule has 2 aromatic carbocycles. The summed E-state index contributed by atoms with van der Waals surface area (Å²) < 4.78 is 12.0. The smallest absolute Gasteiger partial charge is 0.408 e. The van der Waals surface area contributed by atoms with E-state index in [9.17, 15) is 9.59 Å². The molecule has 1 atom stereocenters. The molecule has 8 heteroatoms. The lowest BCUT2D eigenvalue weighted by Gasteiger charge is -2.39. The first-order valence-electron chi connectivity index (χ1n) is 13.3. The molecule has 4 rings (SSSR count). The van der Waals surface area contributed by atoms with Crippen LogP contribution in [0.15, 0.2) is 57.7 Å². The van der Waals surface area contributed by atoms with Crippen LogP contribution in [0.3, 0.4) is 0 Å². The fraction of sp³-hybridized carbons (Fsp3) is 0.517. The number of H-pyrrole nitrogens is 1. The molecule has 3 aromatic rings. The predicted octanol–water partition coefficient (Wildman–Crippen LogP) is 5.25. The molecule has 7 nitrogen and oxygen atoms in total. The highest BCUT2D eigenvalue weighted by Crippen LogP contribution is 2.40. The summed E-state index contributed by atoms with van der Waals surface area (Å²) in [6.45, 7) is 13.7. The van der Waals surface area contributed by atoms with Gasteiger partial charge in [-0.3, -0.25) is 14.7 Å². The topological polar surface area (TPSA) is 87.6 Å². The molecule has 0 aliphatic carbocycles. The number of hydrogen-bond donors (Lipinski definition) is 2. The second kappa shape index (κ2) is 11.4. The van der Waals surface area contributed by atoms with Gasteiger partial charge in [0.25, 0.3) is 0 Å². The number of carbonyl (C=O) groups is 1. The van der Waals surface area contributed by atoms with E-state index < -0.39 is 14.1 Å². The van der Waals surface area contributed by atoms with E-state index in [0.717, 1.165) is 37.9 Å². The summed E-state index contributed by atoms with van der Waals surface area (Å²) in [6.07, 6.45) is 3.01. The number of nitrogens with zero attached hydrogens (tertiary/aromatic N) is 1. The van der Waals surface area contributed by atoms with E-state index in [1.165, 1.54) is 5.56 Å². The number of rotatable bonds is 9. The summed E-state index contributed by atoms with van der Waals surface area (Å²) in [5.74, 6) is 0.210. The minimum absolute atomic E-state index is 0.0135. The van der Waals surface area contributed by atoms with Gasteiger partial charge in [0.1, 0.15) is 0 Å². The number of fused-ring (bicyclic) bond motifs is 1. The van der Waals surface area contributed by atoms with Gasteiger partial charge in [-0.15, -0.1) is 0 Å². The Labute approximate surface area is 220 Å². The Morgan fingerprint density at radius 2 is 1.86 bits per heavy atom. The van der Waals surface area contributed by atoms with Crippen LogP contribution in [0.5, 0.6) is 0 Å². The van der Waals surface area contributed by atoms with Gasteiger partial charge in [0.15, 0.2) is 13.9 Å². The van der Waals surface area contributed by atoms with E-state index in [2.05, 4.69) is 79.4 Å². The fourth-order valence-electron chi connectivity index (χ4n) is 4.68. The van der Waals surface area contributed by atoms with Crippen LogP contribution >= 0.6 is 0 Å². The standard InChI is InChI=1S/C29H41N3O4Si/c1-29(2,3)37(4,5)36-26(23-11-12-24-25(18-23)35-28(34)31-24)19-30-27(33)20-32-15-13-22(14-16-32)17-21-9-7-6-8-10-21/h6-12,18,22,26H,13-17,19-20H2,1-5H3,(H,30,33)(H,31,34). The van der Waals surface area contributed by atoms with Gasteiger partial charge in [0.05, 0.1) is 18.2 Å². The van der Waals surface area contributed by atoms with E-state index in [1.807, 2.05) is 18.2 Å². The van der Waals surface area contributed by atoms with Crippen molar-refractivity contribution in [2.45, 2.75) is 64.3 Å². The molecule has 0 saturated carbocycles. The van der Waals surface area contributed by atoms with E-state index >= 15 is 0 Å². The van der Waals surface area contributed by atoms with Crippen molar-refractivity contribution in [3.8, 4) is 0 Å². The van der Waals surface area contributed by atoms with Crippen LogP contribution in [-0.4, -0.2) is 50.3 Å². The number of carbonyl (C=O) groups excluding carboxylic acids is 1. The molecule has 1 aromatic heterocycles. The van der Waals surface area contributed by atoms with Crippen LogP contribution in [0.2, 0.25) is 18.1 Å². The number of benzene rings is 2. The van der Waals surface area contributed by atoms with Gasteiger partial charge < -0.3 is 14.2 Å². The van der Waals surface area contributed by atoms with E-state index in [4.69, 9.17) is 8.84 Å². The van der Waals surface area contributed by atoms with E-state index in [-0.39, 0.29) is 17.0 Å².